The van der Waals surface area contributed by atoms with Gasteiger partial charge in [-0.05, 0) is 12.5 Å². The SMILES string of the molecule is CC(N)(C(=O)NCc1ncon1)c1ccccc1. The van der Waals surface area contributed by atoms with Gasteiger partial charge in [0.25, 0.3) is 0 Å². The molecule has 2 aromatic rings. The second kappa shape index (κ2) is 4.97. The van der Waals surface area contributed by atoms with Crippen LogP contribution in [-0.2, 0) is 16.9 Å². The lowest BCUT2D eigenvalue weighted by atomic mass is 9.92. The summed E-state index contributed by atoms with van der Waals surface area (Å²) >= 11 is 0. The van der Waals surface area contributed by atoms with Crippen molar-refractivity contribution in [2.75, 3.05) is 0 Å². The quantitative estimate of drug-likeness (QED) is 0.822. The lowest BCUT2D eigenvalue weighted by Gasteiger charge is -2.23. The van der Waals surface area contributed by atoms with Crippen LogP contribution in [0.4, 0.5) is 0 Å². The molecule has 1 unspecified atom stereocenters. The molecule has 0 aliphatic heterocycles. The van der Waals surface area contributed by atoms with Crippen molar-refractivity contribution in [3.8, 4) is 0 Å². The first kappa shape index (κ1) is 12.3. The molecule has 0 bridgehead atoms. The van der Waals surface area contributed by atoms with Crippen LogP contribution in [0.25, 0.3) is 0 Å². The number of carbonyl (C=O) groups excluding carboxylic acids is 1. The predicted molar refractivity (Wildman–Crippen MR) is 64.1 cm³/mol. The highest BCUT2D eigenvalue weighted by Gasteiger charge is 2.30. The zero-order chi connectivity index (χ0) is 13.0. The molecule has 1 aromatic carbocycles. The Bertz CT molecular complexity index is 508. The highest BCUT2D eigenvalue weighted by molar-refractivity contribution is 5.86. The Labute approximate surface area is 104 Å². The van der Waals surface area contributed by atoms with E-state index in [4.69, 9.17) is 5.73 Å². The Kier molecular flexibility index (Phi) is 3.38. The van der Waals surface area contributed by atoms with Gasteiger partial charge in [-0.25, -0.2) is 0 Å². The highest BCUT2D eigenvalue weighted by atomic mass is 16.5. The van der Waals surface area contributed by atoms with E-state index in [1.807, 2.05) is 30.3 Å². The van der Waals surface area contributed by atoms with E-state index < -0.39 is 5.54 Å². The van der Waals surface area contributed by atoms with Crippen LogP contribution in [0.2, 0.25) is 0 Å². The molecule has 0 aliphatic carbocycles. The number of nitrogens with one attached hydrogen (secondary N) is 1. The molecule has 6 heteroatoms. The van der Waals surface area contributed by atoms with Crippen molar-refractivity contribution in [2.24, 2.45) is 5.73 Å². The van der Waals surface area contributed by atoms with E-state index in [0.717, 1.165) is 5.56 Å². The summed E-state index contributed by atoms with van der Waals surface area (Å²) < 4.78 is 4.57. The summed E-state index contributed by atoms with van der Waals surface area (Å²) in [5.41, 5.74) is 5.70. The van der Waals surface area contributed by atoms with Crippen LogP contribution in [0.3, 0.4) is 0 Å². The van der Waals surface area contributed by atoms with E-state index in [1.54, 1.807) is 6.92 Å². The average Bonchev–Trinajstić information content (AvgIpc) is 2.90. The molecule has 0 fully saturated rings. The minimum Gasteiger partial charge on any atom is -0.347 e. The van der Waals surface area contributed by atoms with Crippen molar-refractivity contribution in [3.05, 3.63) is 48.1 Å². The number of aromatic nitrogens is 2. The van der Waals surface area contributed by atoms with Gasteiger partial charge in [0, 0.05) is 0 Å². The van der Waals surface area contributed by atoms with Gasteiger partial charge in [-0.15, -0.1) is 0 Å². The molecule has 0 saturated heterocycles. The van der Waals surface area contributed by atoms with Crippen molar-refractivity contribution in [2.45, 2.75) is 19.0 Å². The van der Waals surface area contributed by atoms with Gasteiger partial charge >= 0.3 is 0 Å². The number of hydrogen-bond donors (Lipinski definition) is 2. The van der Waals surface area contributed by atoms with Crippen LogP contribution in [0.5, 0.6) is 0 Å². The fourth-order valence-corrected chi connectivity index (χ4v) is 1.53. The van der Waals surface area contributed by atoms with E-state index in [9.17, 15) is 4.79 Å². The first-order valence-electron chi connectivity index (χ1n) is 5.48. The Hall–Kier alpha value is -2.21. The zero-order valence-corrected chi connectivity index (χ0v) is 9.96. The van der Waals surface area contributed by atoms with Crippen molar-refractivity contribution in [1.29, 1.82) is 0 Å². The van der Waals surface area contributed by atoms with Crippen LogP contribution < -0.4 is 11.1 Å². The second-order valence-electron chi connectivity index (χ2n) is 4.10. The third-order valence-corrected chi connectivity index (χ3v) is 2.66. The minimum atomic E-state index is -1.09. The van der Waals surface area contributed by atoms with Crippen LogP contribution in [0.1, 0.15) is 18.3 Å². The second-order valence-corrected chi connectivity index (χ2v) is 4.10. The smallest absolute Gasteiger partial charge is 0.244 e. The highest BCUT2D eigenvalue weighted by Crippen LogP contribution is 2.17. The van der Waals surface area contributed by atoms with E-state index in [2.05, 4.69) is 20.0 Å². The van der Waals surface area contributed by atoms with Crippen molar-refractivity contribution < 1.29 is 9.32 Å². The van der Waals surface area contributed by atoms with Gasteiger partial charge in [0.2, 0.25) is 12.3 Å². The third-order valence-electron chi connectivity index (χ3n) is 2.66. The van der Waals surface area contributed by atoms with Crippen molar-refractivity contribution in [3.63, 3.8) is 0 Å². The number of nitrogens with two attached hydrogens (primary N) is 1. The first-order valence-corrected chi connectivity index (χ1v) is 5.48. The molecule has 2 rings (SSSR count). The average molecular weight is 246 g/mol. The summed E-state index contributed by atoms with van der Waals surface area (Å²) in [4.78, 5) is 15.8. The largest absolute Gasteiger partial charge is 0.347 e. The summed E-state index contributed by atoms with van der Waals surface area (Å²) in [7, 11) is 0. The number of hydrogen-bond acceptors (Lipinski definition) is 5. The number of amides is 1. The maximum Gasteiger partial charge on any atom is 0.244 e. The van der Waals surface area contributed by atoms with E-state index in [-0.39, 0.29) is 12.5 Å². The molecule has 0 aliphatic rings. The monoisotopic (exact) mass is 246 g/mol. The molecule has 0 saturated carbocycles. The van der Waals surface area contributed by atoms with Gasteiger partial charge in [-0.2, -0.15) is 4.98 Å². The molecule has 0 spiro atoms. The topological polar surface area (TPSA) is 94.0 Å². The van der Waals surface area contributed by atoms with Crippen LogP contribution in [0, 0.1) is 0 Å². The number of carbonyl (C=O) groups is 1. The predicted octanol–water partition coefficient (Wildman–Crippen LogP) is 0.560. The van der Waals surface area contributed by atoms with Crippen molar-refractivity contribution in [1.82, 2.24) is 15.5 Å². The van der Waals surface area contributed by atoms with Gasteiger partial charge in [-0.3, -0.25) is 4.79 Å². The molecule has 6 nitrogen and oxygen atoms in total. The third kappa shape index (κ3) is 2.54. The lowest BCUT2D eigenvalue weighted by molar-refractivity contribution is -0.126. The Morgan fingerprint density at radius 2 is 2.17 bits per heavy atom. The fraction of sp³-hybridized carbons (Fsp3) is 0.250. The van der Waals surface area contributed by atoms with Gasteiger partial charge in [0.1, 0.15) is 5.54 Å². The van der Waals surface area contributed by atoms with Crippen LogP contribution in [0.15, 0.2) is 41.2 Å². The standard InChI is InChI=1S/C12H14N4O2/c1-12(13,9-5-3-2-4-6-9)11(17)14-7-10-15-8-18-16-10/h2-6,8H,7,13H2,1H3,(H,14,17). The maximum atomic E-state index is 12.0. The Morgan fingerprint density at radius 3 is 2.78 bits per heavy atom. The summed E-state index contributed by atoms with van der Waals surface area (Å²) in [5.74, 6) is 0.116. The van der Waals surface area contributed by atoms with Crippen molar-refractivity contribution >= 4 is 5.91 Å². The molecule has 0 radical (unpaired) electrons. The van der Waals surface area contributed by atoms with E-state index in [1.165, 1.54) is 6.39 Å². The molecular formula is C12H14N4O2. The van der Waals surface area contributed by atoms with Crippen LogP contribution >= 0.6 is 0 Å². The van der Waals surface area contributed by atoms with E-state index in [0.29, 0.717) is 5.82 Å². The Morgan fingerprint density at radius 1 is 1.44 bits per heavy atom. The minimum absolute atomic E-state index is 0.189. The number of nitrogens with zero attached hydrogens (tertiary/aromatic N) is 2. The molecule has 94 valence electrons. The maximum absolute atomic E-state index is 12.0. The lowest BCUT2D eigenvalue weighted by Crippen LogP contribution is -2.48. The number of benzene rings is 1. The summed E-state index contributed by atoms with van der Waals surface area (Å²) in [6.45, 7) is 1.85. The molecule has 1 aromatic heterocycles. The molecule has 1 heterocycles. The summed E-state index contributed by atoms with van der Waals surface area (Å²) in [5, 5.41) is 6.28. The molecule has 1 atom stereocenters. The van der Waals surface area contributed by atoms with Gasteiger partial charge in [0.15, 0.2) is 5.82 Å². The zero-order valence-electron chi connectivity index (χ0n) is 9.96. The summed E-state index contributed by atoms with van der Waals surface area (Å²) in [6, 6.07) is 9.18. The summed E-state index contributed by atoms with van der Waals surface area (Å²) in [6.07, 6.45) is 1.21. The van der Waals surface area contributed by atoms with Gasteiger partial charge in [0.05, 0.1) is 6.54 Å². The molecule has 3 N–H and O–H groups in total. The van der Waals surface area contributed by atoms with E-state index >= 15 is 0 Å². The Balaban J connectivity index is 2.04. The van der Waals surface area contributed by atoms with Crippen LogP contribution in [-0.4, -0.2) is 16.0 Å². The fourth-order valence-electron chi connectivity index (χ4n) is 1.53. The molecule has 18 heavy (non-hydrogen) atoms. The molecular weight excluding hydrogens is 232 g/mol. The molecule has 1 amide bonds. The first-order chi connectivity index (χ1) is 8.60. The van der Waals surface area contributed by atoms with Gasteiger partial charge in [-0.1, -0.05) is 35.5 Å². The normalized spacial score (nSPS) is 13.9. The van der Waals surface area contributed by atoms with Gasteiger partial charge < -0.3 is 15.6 Å². The number of rotatable bonds is 4.